The van der Waals surface area contributed by atoms with Gasteiger partial charge in [0.05, 0.1) is 24.9 Å². The molecule has 3 amide bonds. The van der Waals surface area contributed by atoms with Crippen molar-refractivity contribution in [2.24, 2.45) is 0 Å². The molecule has 0 saturated carbocycles. The van der Waals surface area contributed by atoms with Crippen LogP contribution in [0.4, 0.5) is 5.69 Å². The first kappa shape index (κ1) is 22.1. The van der Waals surface area contributed by atoms with Gasteiger partial charge in [0.15, 0.2) is 0 Å². The van der Waals surface area contributed by atoms with Crippen LogP contribution in [0.5, 0.6) is 5.75 Å². The molecule has 0 unspecified atom stereocenters. The minimum absolute atomic E-state index is 0.130. The summed E-state index contributed by atoms with van der Waals surface area (Å²) >= 11 is 6.18. The van der Waals surface area contributed by atoms with Gasteiger partial charge < -0.3 is 25.6 Å². The molecule has 0 aliphatic carbocycles. The number of carbonyl (C=O) groups is 3. The van der Waals surface area contributed by atoms with Crippen LogP contribution in [0, 0.1) is 0 Å². The fourth-order valence-corrected chi connectivity index (χ4v) is 4.47. The topological polar surface area (TPSA) is 99.8 Å². The van der Waals surface area contributed by atoms with Crippen molar-refractivity contribution in [3.05, 3.63) is 47.0 Å². The molecule has 2 aromatic rings. The molecule has 0 radical (unpaired) electrons. The number of halogens is 1. The zero-order chi connectivity index (χ0) is 22.8. The first-order valence-electron chi connectivity index (χ1n) is 10.4. The highest BCUT2D eigenvalue weighted by atomic mass is 35.5. The lowest BCUT2D eigenvalue weighted by molar-refractivity contribution is -0.124. The molecule has 1 saturated heterocycles. The lowest BCUT2D eigenvalue weighted by Gasteiger charge is -2.37. The largest absolute Gasteiger partial charge is 0.496 e. The number of hydrogen-bond donors (Lipinski definition) is 3. The van der Waals surface area contributed by atoms with Gasteiger partial charge in [-0.25, -0.2) is 0 Å². The van der Waals surface area contributed by atoms with Crippen molar-refractivity contribution in [1.29, 1.82) is 0 Å². The predicted molar refractivity (Wildman–Crippen MR) is 122 cm³/mol. The number of nitrogens with zero attached hydrogens (tertiary/aromatic N) is 1. The molecule has 2 aromatic carbocycles. The average Bonchev–Trinajstić information content (AvgIpc) is 2.88. The molecule has 0 bridgehead atoms. The molecule has 2 aliphatic heterocycles. The highest BCUT2D eigenvalue weighted by Gasteiger charge is 2.40. The summed E-state index contributed by atoms with van der Waals surface area (Å²) in [7, 11) is 3.27. The lowest BCUT2D eigenvalue weighted by Crippen LogP contribution is -2.55. The van der Waals surface area contributed by atoms with E-state index in [0.29, 0.717) is 41.4 Å². The number of anilines is 1. The molecule has 2 heterocycles. The number of methoxy groups -OCH3 is 1. The van der Waals surface area contributed by atoms with Crippen molar-refractivity contribution in [2.45, 2.75) is 24.9 Å². The normalized spacial score (nSPS) is 20.0. The number of likely N-dealkylation sites (N-methyl/N-ethyl adjacent to an activating group) is 1. The van der Waals surface area contributed by atoms with E-state index in [9.17, 15) is 14.4 Å². The fraction of sp³-hybridized carbons (Fsp3) is 0.348. The molecule has 9 heteroatoms. The second-order valence-electron chi connectivity index (χ2n) is 7.93. The second kappa shape index (κ2) is 9.18. The molecule has 1 fully saturated rings. The molecule has 32 heavy (non-hydrogen) atoms. The summed E-state index contributed by atoms with van der Waals surface area (Å²) in [6.07, 6.45) is 0.956. The molecule has 0 spiro atoms. The Balaban J connectivity index is 1.63. The van der Waals surface area contributed by atoms with Gasteiger partial charge in [-0.1, -0.05) is 17.7 Å². The van der Waals surface area contributed by atoms with Gasteiger partial charge in [0, 0.05) is 23.2 Å². The maximum Gasteiger partial charge on any atom is 0.256 e. The van der Waals surface area contributed by atoms with Crippen LogP contribution in [0.1, 0.15) is 23.2 Å². The van der Waals surface area contributed by atoms with E-state index in [1.807, 2.05) is 6.07 Å². The van der Waals surface area contributed by atoms with E-state index in [0.717, 1.165) is 11.1 Å². The van der Waals surface area contributed by atoms with Gasteiger partial charge in [0.1, 0.15) is 11.8 Å². The zero-order valence-corrected chi connectivity index (χ0v) is 18.7. The van der Waals surface area contributed by atoms with Crippen molar-refractivity contribution in [3.63, 3.8) is 0 Å². The van der Waals surface area contributed by atoms with Crippen molar-refractivity contribution in [2.75, 3.05) is 32.6 Å². The average molecular weight is 457 g/mol. The summed E-state index contributed by atoms with van der Waals surface area (Å²) in [5.41, 5.74) is 2.40. The standard InChI is InChI=1S/C23H25ClN4O4/c1-25-12-21(29)26-15-7-8-28-19(11-15)22(30)27-18-5-3-13(9-17(18)23(28)31)16-10-14(24)4-6-20(16)32-2/h3-6,9-10,15,19,25H,7-8,11-12H2,1-2H3,(H,26,29)(H,27,30)/t15-,19-/m0/s1. The molecule has 8 nitrogen and oxygen atoms in total. The first-order chi connectivity index (χ1) is 15.4. The van der Waals surface area contributed by atoms with Crippen LogP contribution in [0.25, 0.3) is 11.1 Å². The number of rotatable bonds is 5. The van der Waals surface area contributed by atoms with Crippen LogP contribution in [0.15, 0.2) is 36.4 Å². The number of piperidine rings is 1. The molecule has 3 N–H and O–H groups in total. The zero-order valence-electron chi connectivity index (χ0n) is 17.9. The highest BCUT2D eigenvalue weighted by molar-refractivity contribution is 6.31. The van der Waals surface area contributed by atoms with Crippen molar-refractivity contribution >= 4 is 35.0 Å². The van der Waals surface area contributed by atoms with Crippen molar-refractivity contribution in [3.8, 4) is 16.9 Å². The van der Waals surface area contributed by atoms with Crippen LogP contribution in [-0.4, -0.2) is 62.0 Å². The third-order valence-electron chi connectivity index (χ3n) is 5.85. The first-order valence-corrected chi connectivity index (χ1v) is 10.8. The minimum Gasteiger partial charge on any atom is -0.496 e. The van der Waals surface area contributed by atoms with E-state index in [1.54, 1.807) is 49.4 Å². The quantitative estimate of drug-likeness (QED) is 0.641. The minimum atomic E-state index is -0.646. The molecule has 2 aliphatic rings. The smallest absolute Gasteiger partial charge is 0.256 e. The summed E-state index contributed by atoms with van der Waals surface area (Å²) < 4.78 is 5.45. The third-order valence-corrected chi connectivity index (χ3v) is 6.08. The molecule has 4 rings (SSSR count). The maximum atomic E-state index is 13.4. The summed E-state index contributed by atoms with van der Waals surface area (Å²) in [6, 6.07) is 9.80. The number of carbonyl (C=O) groups excluding carboxylic acids is 3. The van der Waals surface area contributed by atoms with E-state index in [4.69, 9.17) is 16.3 Å². The number of fused-ring (bicyclic) bond motifs is 2. The van der Waals surface area contributed by atoms with E-state index in [2.05, 4.69) is 16.0 Å². The Bertz CT molecular complexity index is 1070. The summed E-state index contributed by atoms with van der Waals surface area (Å²) in [6.45, 7) is 0.586. The highest BCUT2D eigenvalue weighted by Crippen LogP contribution is 2.36. The molecule has 168 valence electrons. The van der Waals surface area contributed by atoms with Gasteiger partial charge in [-0.05, 0) is 55.8 Å². The molecular weight excluding hydrogens is 432 g/mol. The van der Waals surface area contributed by atoms with Crippen molar-refractivity contribution in [1.82, 2.24) is 15.5 Å². The van der Waals surface area contributed by atoms with Crippen LogP contribution in [0.2, 0.25) is 5.02 Å². The molecule has 0 aromatic heterocycles. The van der Waals surface area contributed by atoms with Crippen LogP contribution < -0.4 is 20.7 Å². The van der Waals surface area contributed by atoms with Crippen LogP contribution in [0.3, 0.4) is 0 Å². The van der Waals surface area contributed by atoms with Gasteiger partial charge in [-0.3, -0.25) is 14.4 Å². The van der Waals surface area contributed by atoms with Gasteiger partial charge in [0.2, 0.25) is 11.8 Å². The number of nitrogens with one attached hydrogen (secondary N) is 3. The van der Waals surface area contributed by atoms with Crippen LogP contribution in [-0.2, 0) is 9.59 Å². The van der Waals surface area contributed by atoms with E-state index >= 15 is 0 Å². The van der Waals surface area contributed by atoms with Crippen molar-refractivity contribution < 1.29 is 19.1 Å². The Morgan fingerprint density at radius 3 is 2.78 bits per heavy atom. The van der Waals surface area contributed by atoms with E-state index < -0.39 is 6.04 Å². The van der Waals surface area contributed by atoms with Gasteiger partial charge in [-0.2, -0.15) is 0 Å². The summed E-state index contributed by atoms with van der Waals surface area (Å²) in [4.78, 5) is 39.9. The van der Waals surface area contributed by atoms with Crippen LogP contribution >= 0.6 is 11.6 Å². The van der Waals surface area contributed by atoms with E-state index in [1.165, 1.54) is 0 Å². The Hall–Kier alpha value is -3.10. The summed E-state index contributed by atoms with van der Waals surface area (Å²) in [5, 5.41) is 9.18. The number of ether oxygens (including phenoxy) is 1. The maximum absolute atomic E-state index is 13.4. The Kier molecular flexibility index (Phi) is 6.34. The lowest BCUT2D eigenvalue weighted by atomic mass is 9.95. The number of amides is 3. The van der Waals surface area contributed by atoms with Gasteiger partial charge >= 0.3 is 0 Å². The Labute approximate surface area is 191 Å². The Morgan fingerprint density at radius 2 is 2.03 bits per heavy atom. The predicted octanol–water partition coefficient (Wildman–Crippen LogP) is 2.28. The molecule has 2 atom stereocenters. The second-order valence-corrected chi connectivity index (χ2v) is 8.36. The molecular formula is C23H25ClN4O4. The Morgan fingerprint density at radius 1 is 1.22 bits per heavy atom. The third kappa shape index (κ3) is 4.28. The monoisotopic (exact) mass is 456 g/mol. The fourth-order valence-electron chi connectivity index (χ4n) is 4.30. The number of benzene rings is 2. The number of hydrogen-bond acceptors (Lipinski definition) is 5. The van der Waals surface area contributed by atoms with Gasteiger partial charge in [0.25, 0.3) is 5.91 Å². The van der Waals surface area contributed by atoms with Gasteiger partial charge in [-0.15, -0.1) is 0 Å². The summed E-state index contributed by atoms with van der Waals surface area (Å²) in [5.74, 6) is 0.0362. The SMILES string of the molecule is CNCC(=O)N[C@H]1CCN2C(=O)c3cc(-c4cc(Cl)ccc4OC)ccc3NC(=O)[C@@H]2C1. The van der Waals surface area contributed by atoms with E-state index in [-0.39, 0.29) is 30.3 Å².